The molecule has 23 heavy (non-hydrogen) atoms. The fourth-order valence-corrected chi connectivity index (χ4v) is 2.67. The van der Waals surface area contributed by atoms with Crippen molar-refractivity contribution >= 4 is 27.8 Å². The Morgan fingerprint density at radius 2 is 1.74 bits per heavy atom. The van der Waals surface area contributed by atoms with Crippen molar-refractivity contribution in [1.82, 2.24) is 5.10 Å². The molecule has 4 nitrogen and oxygen atoms in total. The zero-order chi connectivity index (χ0) is 15.7. The van der Waals surface area contributed by atoms with Gasteiger partial charge in [0.2, 0.25) is 5.52 Å². The molecule has 5 heteroatoms. The molecule has 0 saturated heterocycles. The van der Waals surface area contributed by atoms with Crippen LogP contribution in [0.5, 0.6) is 0 Å². The summed E-state index contributed by atoms with van der Waals surface area (Å²) in [4.78, 5) is 11.9. The minimum absolute atomic E-state index is 0. The van der Waals surface area contributed by atoms with Gasteiger partial charge in [-0.15, -0.1) is 0 Å². The van der Waals surface area contributed by atoms with Crippen LogP contribution in [0.3, 0.4) is 0 Å². The van der Waals surface area contributed by atoms with Crippen molar-refractivity contribution in [3.05, 3.63) is 47.5 Å². The Kier molecular flexibility index (Phi) is 5.31. The second kappa shape index (κ2) is 7.04. The summed E-state index contributed by atoms with van der Waals surface area (Å²) >= 11 is 0. The summed E-state index contributed by atoms with van der Waals surface area (Å²) in [6.45, 7) is 6.38. The predicted octanol–water partition coefficient (Wildman–Crippen LogP) is -0.141. The predicted molar refractivity (Wildman–Crippen MR) is 85.6 cm³/mol. The molecule has 0 aliphatic carbocycles. The van der Waals surface area contributed by atoms with Crippen LogP contribution < -0.4 is 21.7 Å². The van der Waals surface area contributed by atoms with Gasteiger partial charge < -0.3 is 21.7 Å². The SMILES string of the molecule is CCOC(=O)C[n+]1nc2cc(C)ccc2c2ccc(C)cc21.[Br-]. The van der Waals surface area contributed by atoms with Crippen molar-refractivity contribution in [3.63, 3.8) is 0 Å². The van der Waals surface area contributed by atoms with Crippen molar-refractivity contribution < 1.29 is 31.2 Å². The summed E-state index contributed by atoms with van der Waals surface area (Å²) in [5.74, 6) is -0.269. The molecular formula is C18H19BrN2O2. The Hall–Kier alpha value is -2.01. The lowest BCUT2D eigenvalue weighted by Gasteiger charge is -2.05. The van der Waals surface area contributed by atoms with E-state index in [4.69, 9.17) is 4.74 Å². The molecule has 0 radical (unpaired) electrons. The lowest BCUT2D eigenvalue weighted by molar-refractivity contribution is -0.716. The van der Waals surface area contributed by atoms with E-state index < -0.39 is 0 Å². The van der Waals surface area contributed by atoms with E-state index in [0.717, 1.165) is 32.9 Å². The first-order chi connectivity index (χ1) is 10.6. The molecule has 0 amide bonds. The molecule has 0 atom stereocenters. The summed E-state index contributed by atoms with van der Waals surface area (Å²) < 4.78 is 6.80. The van der Waals surface area contributed by atoms with Gasteiger partial charge in [0, 0.05) is 16.6 Å². The quantitative estimate of drug-likeness (QED) is 0.364. The third-order valence-electron chi connectivity index (χ3n) is 3.69. The monoisotopic (exact) mass is 374 g/mol. The van der Waals surface area contributed by atoms with E-state index in [1.165, 1.54) is 0 Å². The maximum atomic E-state index is 11.9. The normalized spacial score (nSPS) is 10.6. The molecule has 0 bridgehead atoms. The van der Waals surface area contributed by atoms with Crippen LogP contribution in [0.25, 0.3) is 21.8 Å². The van der Waals surface area contributed by atoms with Gasteiger partial charge in [-0.25, -0.2) is 4.79 Å². The molecule has 0 fully saturated rings. The van der Waals surface area contributed by atoms with Crippen LogP contribution in [-0.4, -0.2) is 17.7 Å². The van der Waals surface area contributed by atoms with Gasteiger partial charge in [0.15, 0.2) is 0 Å². The largest absolute Gasteiger partial charge is 1.00 e. The number of rotatable bonds is 3. The van der Waals surface area contributed by atoms with Crippen LogP contribution in [0.4, 0.5) is 0 Å². The first-order valence-corrected chi connectivity index (χ1v) is 7.45. The van der Waals surface area contributed by atoms with E-state index in [9.17, 15) is 4.79 Å². The number of aromatic nitrogens is 2. The molecule has 120 valence electrons. The third-order valence-corrected chi connectivity index (χ3v) is 3.69. The summed E-state index contributed by atoms with van der Waals surface area (Å²) in [5, 5.41) is 6.84. The fraction of sp³-hybridized carbons (Fsp3) is 0.278. The molecule has 2 aromatic carbocycles. The highest BCUT2D eigenvalue weighted by atomic mass is 79.9. The Bertz CT molecular complexity index is 878. The number of hydrogen-bond acceptors (Lipinski definition) is 3. The Balaban J connectivity index is 0.00000192. The minimum Gasteiger partial charge on any atom is -1.00 e. The number of nitrogens with zero attached hydrogens (tertiary/aromatic N) is 2. The number of benzene rings is 2. The van der Waals surface area contributed by atoms with Gasteiger partial charge in [0.05, 0.1) is 12.0 Å². The van der Waals surface area contributed by atoms with E-state index in [2.05, 4.69) is 35.4 Å². The fourth-order valence-electron chi connectivity index (χ4n) is 2.67. The van der Waals surface area contributed by atoms with E-state index >= 15 is 0 Å². The number of halogens is 1. The third kappa shape index (κ3) is 3.50. The lowest BCUT2D eigenvalue weighted by Crippen LogP contribution is -3.00. The first kappa shape index (κ1) is 17.3. The molecule has 0 unspecified atom stereocenters. The molecule has 0 aliphatic rings. The second-order valence-corrected chi connectivity index (χ2v) is 5.50. The van der Waals surface area contributed by atoms with Gasteiger partial charge in [-0.1, -0.05) is 22.9 Å². The van der Waals surface area contributed by atoms with Gasteiger partial charge in [0.1, 0.15) is 5.52 Å². The zero-order valence-corrected chi connectivity index (χ0v) is 15.1. The van der Waals surface area contributed by atoms with Gasteiger partial charge in [-0.2, -0.15) is 0 Å². The highest BCUT2D eigenvalue weighted by molar-refractivity contribution is 6.02. The molecule has 3 aromatic rings. The lowest BCUT2D eigenvalue weighted by atomic mass is 10.1. The molecule has 0 spiro atoms. The number of hydrogen-bond donors (Lipinski definition) is 0. The number of ether oxygens (including phenoxy) is 1. The zero-order valence-electron chi connectivity index (χ0n) is 13.5. The maximum Gasteiger partial charge on any atom is 0.375 e. The van der Waals surface area contributed by atoms with Crippen molar-refractivity contribution in [2.24, 2.45) is 0 Å². The number of aryl methyl sites for hydroxylation is 2. The summed E-state index contributed by atoms with van der Waals surface area (Å²) in [7, 11) is 0. The topological polar surface area (TPSA) is 43.1 Å². The van der Waals surface area contributed by atoms with Gasteiger partial charge in [-0.3, -0.25) is 0 Å². The van der Waals surface area contributed by atoms with Gasteiger partial charge in [0.25, 0.3) is 6.54 Å². The molecule has 0 N–H and O–H groups in total. The van der Waals surface area contributed by atoms with Crippen LogP contribution in [0, 0.1) is 13.8 Å². The van der Waals surface area contributed by atoms with Crippen molar-refractivity contribution in [3.8, 4) is 0 Å². The maximum absolute atomic E-state index is 11.9. The summed E-state index contributed by atoms with van der Waals surface area (Å²) in [6.07, 6.45) is 0. The smallest absolute Gasteiger partial charge is 0.375 e. The highest BCUT2D eigenvalue weighted by Gasteiger charge is 2.19. The van der Waals surface area contributed by atoms with Crippen molar-refractivity contribution in [1.29, 1.82) is 0 Å². The molecule has 0 saturated carbocycles. The van der Waals surface area contributed by atoms with Crippen molar-refractivity contribution in [2.45, 2.75) is 27.3 Å². The standard InChI is InChI=1S/C18H19N2O2.BrH/c1-4-22-18(21)11-20-17-10-13(3)6-8-15(17)14-7-5-12(2)9-16(14)19-20;/h5-10H,4,11H2,1-3H3;1H/q+1;/p-1. The Morgan fingerprint density at radius 1 is 1.09 bits per heavy atom. The number of fused-ring (bicyclic) bond motifs is 3. The van der Waals surface area contributed by atoms with Crippen LogP contribution >= 0.6 is 0 Å². The van der Waals surface area contributed by atoms with Gasteiger partial charge in [-0.05, 0) is 44.0 Å². The number of esters is 1. The van der Waals surface area contributed by atoms with Crippen LogP contribution in [-0.2, 0) is 16.1 Å². The Morgan fingerprint density at radius 3 is 2.43 bits per heavy atom. The highest BCUT2D eigenvalue weighted by Crippen LogP contribution is 2.22. The van der Waals surface area contributed by atoms with E-state index in [1.807, 2.05) is 26.8 Å². The van der Waals surface area contributed by atoms with Crippen molar-refractivity contribution in [2.75, 3.05) is 6.61 Å². The summed E-state index contributed by atoms with van der Waals surface area (Å²) in [5.41, 5.74) is 4.12. The molecule has 1 heterocycles. The number of carbonyl (C=O) groups excluding carboxylic acids is 1. The first-order valence-electron chi connectivity index (χ1n) is 7.45. The molecule has 1 aromatic heterocycles. The molecule has 3 rings (SSSR count). The van der Waals surface area contributed by atoms with E-state index in [1.54, 1.807) is 4.68 Å². The van der Waals surface area contributed by atoms with E-state index in [-0.39, 0.29) is 29.5 Å². The average molecular weight is 375 g/mol. The van der Waals surface area contributed by atoms with Crippen LogP contribution in [0.1, 0.15) is 18.1 Å². The molecular weight excluding hydrogens is 356 g/mol. The number of carbonyl (C=O) groups is 1. The average Bonchev–Trinajstić information content (AvgIpc) is 2.47. The van der Waals surface area contributed by atoms with Gasteiger partial charge >= 0.3 is 5.97 Å². The summed E-state index contributed by atoms with van der Waals surface area (Å²) in [6, 6.07) is 12.4. The second-order valence-electron chi connectivity index (χ2n) is 5.50. The van der Waals surface area contributed by atoms with E-state index in [0.29, 0.717) is 6.61 Å². The van der Waals surface area contributed by atoms with Crippen LogP contribution in [0.15, 0.2) is 36.4 Å². The molecule has 0 aliphatic heterocycles. The Labute approximate surface area is 145 Å². The minimum atomic E-state index is -0.269. The van der Waals surface area contributed by atoms with Crippen LogP contribution in [0.2, 0.25) is 0 Å².